The summed E-state index contributed by atoms with van der Waals surface area (Å²) in [7, 11) is 0. The predicted molar refractivity (Wildman–Crippen MR) is 89.9 cm³/mol. The van der Waals surface area contributed by atoms with Crippen LogP contribution < -0.4 is 5.32 Å². The molecule has 2 aromatic carbocycles. The lowest BCUT2D eigenvalue weighted by molar-refractivity contribution is -0.138. The Kier molecular flexibility index (Phi) is 4.59. The summed E-state index contributed by atoms with van der Waals surface area (Å²) in [5.74, 6) is -1.70. The van der Waals surface area contributed by atoms with E-state index in [0.29, 0.717) is 11.3 Å². The number of aliphatic carboxylic acids is 1. The molecule has 0 aliphatic heterocycles. The molecule has 0 spiro atoms. The highest BCUT2D eigenvalue weighted by Gasteiger charge is 2.22. The van der Waals surface area contributed by atoms with Crippen LogP contribution in [0.5, 0.6) is 0 Å². The van der Waals surface area contributed by atoms with Crippen LogP contribution in [-0.4, -0.2) is 22.8 Å². The van der Waals surface area contributed by atoms with Crippen LogP contribution in [0.3, 0.4) is 0 Å². The van der Waals surface area contributed by atoms with Crippen molar-refractivity contribution in [1.29, 1.82) is 0 Å². The monoisotopic (exact) mass is 315 g/mol. The van der Waals surface area contributed by atoms with E-state index in [2.05, 4.69) is 5.32 Å². The number of hydrogen-bond donors (Lipinski definition) is 2. The van der Waals surface area contributed by atoms with Gasteiger partial charge in [0.15, 0.2) is 0 Å². The van der Waals surface area contributed by atoms with E-state index >= 15 is 0 Å². The molecule has 122 valence electrons. The Morgan fingerprint density at radius 2 is 1.70 bits per heavy atom. The van der Waals surface area contributed by atoms with Gasteiger partial charge in [0.1, 0.15) is 5.60 Å². The minimum absolute atomic E-state index is 0.452. The van der Waals surface area contributed by atoms with Crippen molar-refractivity contribution in [2.45, 2.75) is 39.2 Å². The van der Waals surface area contributed by atoms with E-state index in [4.69, 9.17) is 4.74 Å². The van der Waals surface area contributed by atoms with Gasteiger partial charge in [0.2, 0.25) is 0 Å². The molecule has 2 rings (SSSR count). The summed E-state index contributed by atoms with van der Waals surface area (Å²) in [5, 5.41) is 13.8. The van der Waals surface area contributed by atoms with Gasteiger partial charge in [-0.05, 0) is 56.2 Å². The van der Waals surface area contributed by atoms with Gasteiger partial charge >= 0.3 is 12.1 Å². The summed E-state index contributed by atoms with van der Waals surface area (Å²) in [6, 6.07) is 11.2. The van der Waals surface area contributed by atoms with Crippen LogP contribution >= 0.6 is 0 Å². The lowest BCUT2D eigenvalue weighted by Crippen LogP contribution is -2.27. The number of carboxylic acids is 1. The largest absolute Gasteiger partial charge is 0.481 e. The predicted octanol–water partition coefficient (Wildman–Crippen LogP) is 4.37. The molecule has 23 heavy (non-hydrogen) atoms. The molecule has 0 aromatic heterocycles. The lowest BCUT2D eigenvalue weighted by atomic mass is 9.95. The van der Waals surface area contributed by atoms with E-state index in [9.17, 15) is 14.7 Å². The third-order valence-electron chi connectivity index (χ3n) is 3.39. The van der Waals surface area contributed by atoms with Gasteiger partial charge < -0.3 is 9.84 Å². The molecule has 2 N–H and O–H groups in total. The molecule has 1 atom stereocenters. The number of nitrogens with one attached hydrogen (secondary N) is 1. The number of carbonyl (C=O) groups is 2. The van der Waals surface area contributed by atoms with Gasteiger partial charge in [0.25, 0.3) is 0 Å². The highest BCUT2D eigenvalue weighted by Crippen LogP contribution is 2.30. The molecule has 0 fully saturated rings. The number of hydrogen-bond acceptors (Lipinski definition) is 3. The Hall–Kier alpha value is -2.56. The highest BCUT2D eigenvalue weighted by molar-refractivity contribution is 5.95. The quantitative estimate of drug-likeness (QED) is 0.881. The summed E-state index contributed by atoms with van der Waals surface area (Å²) >= 11 is 0. The van der Waals surface area contributed by atoms with Crippen LogP contribution in [0.4, 0.5) is 10.5 Å². The maximum Gasteiger partial charge on any atom is 0.412 e. The van der Waals surface area contributed by atoms with Gasteiger partial charge in [-0.1, -0.05) is 24.3 Å². The third kappa shape index (κ3) is 4.22. The molecule has 5 heteroatoms. The average Bonchev–Trinajstić information content (AvgIpc) is 2.43. The van der Waals surface area contributed by atoms with Crippen molar-refractivity contribution in [1.82, 2.24) is 0 Å². The minimum atomic E-state index is -0.951. The van der Waals surface area contributed by atoms with Crippen molar-refractivity contribution < 1.29 is 19.4 Å². The fourth-order valence-electron chi connectivity index (χ4n) is 2.27. The number of carbonyl (C=O) groups excluding carboxylic acids is 1. The summed E-state index contributed by atoms with van der Waals surface area (Å²) < 4.78 is 5.25. The number of carboxylic acid groups (broad SMARTS) is 1. The molecular formula is C18H21NO4. The van der Waals surface area contributed by atoms with Crippen LogP contribution in [0, 0.1) is 0 Å². The molecular weight excluding hydrogens is 294 g/mol. The first-order valence-electron chi connectivity index (χ1n) is 7.43. The second kappa shape index (κ2) is 6.28. The number of ether oxygens (including phenoxy) is 1. The van der Waals surface area contributed by atoms with Gasteiger partial charge in [-0.3, -0.25) is 10.1 Å². The number of anilines is 1. The van der Waals surface area contributed by atoms with Gasteiger partial charge in [-0.25, -0.2) is 4.79 Å². The first-order valence-corrected chi connectivity index (χ1v) is 7.43. The fraction of sp³-hybridized carbons (Fsp3) is 0.333. The SMILES string of the molecule is C[C@H](C(=O)O)c1cc2ccccc2cc1NC(=O)OC(C)(C)C. The molecule has 0 saturated heterocycles. The molecule has 5 nitrogen and oxygen atoms in total. The summed E-state index contributed by atoms with van der Waals surface area (Å²) in [5.41, 5.74) is 0.370. The van der Waals surface area contributed by atoms with Crippen LogP contribution in [0.25, 0.3) is 10.8 Å². The van der Waals surface area contributed by atoms with Gasteiger partial charge in [0, 0.05) is 5.69 Å². The van der Waals surface area contributed by atoms with Crippen LogP contribution in [0.2, 0.25) is 0 Å². The van der Waals surface area contributed by atoms with Crippen molar-refractivity contribution >= 4 is 28.5 Å². The van der Waals surface area contributed by atoms with Crippen molar-refractivity contribution in [3.05, 3.63) is 42.0 Å². The lowest BCUT2D eigenvalue weighted by Gasteiger charge is -2.21. The van der Waals surface area contributed by atoms with E-state index in [-0.39, 0.29) is 0 Å². The molecule has 0 heterocycles. The van der Waals surface area contributed by atoms with E-state index in [1.165, 1.54) is 0 Å². The smallest absolute Gasteiger partial charge is 0.412 e. The second-order valence-corrected chi connectivity index (χ2v) is 6.47. The van der Waals surface area contributed by atoms with Crippen LogP contribution in [0.15, 0.2) is 36.4 Å². The van der Waals surface area contributed by atoms with Gasteiger partial charge in [-0.15, -0.1) is 0 Å². The van der Waals surface area contributed by atoms with E-state index in [1.807, 2.05) is 24.3 Å². The molecule has 1 amide bonds. The minimum Gasteiger partial charge on any atom is -0.481 e. The zero-order chi connectivity index (χ0) is 17.2. The number of fused-ring (bicyclic) bond motifs is 1. The fourth-order valence-corrected chi connectivity index (χ4v) is 2.27. The van der Waals surface area contributed by atoms with Crippen molar-refractivity contribution in [3.63, 3.8) is 0 Å². The Morgan fingerprint density at radius 1 is 1.13 bits per heavy atom. The summed E-state index contributed by atoms with van der Waals surface area (Å²) in [6.07, 6.45) is -0.605. The normalized spacial score (nSPS) is 12.7. The zero-order valence-electron chi connectivity index (χ0n) is 13.7. The molecule has 0 unspecified atom stereocenters. The summed E-state index contributed by atoms with van der Waals surface area (Å²) in [6.45, 7) is 6.90. The molecule has 0 aliphatic carbocycles. The van der Waals surface area contributed by atoms with E-state index in [1.54, 1.807) is 39.8 Å². The topological polar surface area (TPSA) is 75.6 Å². The first-order chi connectivity index (χ1) is 10.7. The van der Waals surface area contributed by atoms with Crippen molar-refractivity contribution in [3.8, 4) is 0 Å². The Balaban J connectivity index is 2.45. The molecule has 0 aliphatic rings. The van der Waals surface area contributed by atoms with Gasteiger partial charge in [-0.2, -0.15) is 0 Å². The van der Waals surface area contributed by atoms with E-state index < -0.39 is 23.6 Å². The standard InChI is InChI=1S/C18H21NO4/c1-11(16(20)21)14-9-12-7-5-6-8-13(12)10-15(14)19-17(22)23-18(2,3)4/h5-11H,1-4H3,(H,19,22)(H,20,21)/t11-/m0/s1. The van der Waals surface area contributed by atoms with Crippen molar-refractivity contribution in [2.24, 2.45) is 0 Å². The third-order valence-corrected chi connectivity index (χ3v) is 3.39. The molecule has 0 radical (unpaired) electrons. The maximum absolute atomic E-state index is 12.0. The zero-order valence-corrected chi connectivity index (χ0v) is 13.7. The second-order valence-electron chi connectivity index (χ2n) is 6.47. The first kappa shape index (κ1) is 16.8. The Bertz CT molecular complexity index is 746. The summed E-state index contributed by atoms with van der Waals surface area (Å²) in [4.78, 5) is 23.4. The Labute approximate surface area is 135 Å². The van der Waals surface area contributed by atoms with Crippen LogP contribution in [0.1, 0.15) is 39.2 Å². The number of benzene rings is 2. The maximum atomic E-state index is 12.0. The Morgan fingerprint density at radius 3 is 2.22 bits per heavy atom. The molecule has 0 saturated carbocycles. The number of rotatable bonds is 3. The molecule has 2 aromatic rings. The van der Waals surface area contributed by atoms with Crippen LogP contribution in [-0.2, 0) is 9.53 Å². The highest BCUT2D eigenvalue weighted by atomic mass is 16.6. The van der Waals surface area contributed by atoms with Crippen molar-refractivity contribution in [2.75, 3.05) is 5.32 Å². The van der Waals surface area contributed by atoms with E-state index in [0.717, 1.165) is 10.8 Å². The average molecular weight is 315 g/mol. The van der Waals surface area contributed by atoms with Gasteiger partial charge in [0.05, 0.1) is 5.92 Å². The number of amides is 1. The molecule has 0 bridgehead atoms.